The highest BCUT2D eigenvalue weighted by Gasteiger charge is 2.10. The first-order chi connectivity index (χ1) is 11.2. The van der Waals surface area contributed by atoms with E-state index in [0.717, 1.165) is 22.9 Å². The molecule has 0 spiro atoms. The second-order valence-electron chi connectivity index (χ2n) is 5.83. The van der Waals surface area contributed by atoms with E-state index in [0.29, 0.717) is 19.5 Å². The Morgan fingerprint density at radius 2 is 1.87 bits per heavy atom. The molecule has 0 unspecified atom stereocenters. The highest BCUT2D eigenvalue weighted by molar-refractivity contribution is 5.83. The summed E-state index contributed by atoms with van der Waals surface area (Å²) in [5, 5.41) is 6.27. The minimum Gasteiger partial charge on any atom is -0.330 e. The lowest BCUT2D eigenvalue weighted by atomic mass is 10.0. The highest BCUT2D eigenvalue weighted by Crippen LogP contribution is 2.17. The van der Waals surface area contributed by atoms with Gasteiger partial charge < -0.3 is 5.73 Å². The first-order valence-electron chi connectivity index (χ1n) is 7.93. The summed E-state index contributed by atoms with van der Waals surface area (Å²) in [6, 6.07) is 16.1. The summed E-state index contributed by atoms with van der Waals surface area (Å²) in [5.74, 6) is 0. The van der Waals surface area contributed by atoms with Gasteiger partial charge in [0.2, 0.25) is 0 Å². The van der Waals surface area contributed by atoms with Crippen LogP contribution in [0.1, 0.15) is 23.2 Å². The van der Waals surface area contributed by atoms with Crippen molar-refractivity contribution < 1.29 is 0 Å². The van der Waals surface area contributed by atoms with Gasteiger partial charge in [-0.15, -0.1) is 0 Å². The van der Waals surface area contributed by atoms with Gasteiger partial charge in [0.05, 0.1) is 11.1 Å². The van der Waals surface area contributed by atoms with E-state index in [1.807, 2.05) is 24.3 Å². The lowest BCUT2D eigenvalue weighted by Crippen LogP contribution is -2.26. The molecular formula is C19H21N3O. The van der Waals surface area contributed by atoms with Crippen molar-refractivity contribution in [3.8, 4) is 0 Å². The Bertz CT molecular complexity index is 883. The van der Waals surface area contributed by atoms with Crippen LogP contribution in [-0.4, -0.2) is 16.3 Å². The first-order valence-corrected chi connectivity index (χ1v) is 7.93. The van der Waals surface area contributed by atoms with Crippen LogP contribution in [0.2, 0.25) is 0 Å². The van der Waals surface area contributed by atoms with Gasteiger partial charge >= 0.3 is 0 Å². The number of rotatable bonds is 5. The SMILES string of the molecule is Cc1cccc(Cc2nn(CCCN)c(=O)c3ccccc23)c1. The highest BCUT2D eigenvalue weighted by atomic mass is 16.1. The van der Waals surface area contributed by atoms with Crippen LogP contribution >= 0.6 is 0 Å². The van der Waals surface area contributed by atoms with Crippen LogP contribution in [0.5, 0.6) is 0 Å². The second kappa shape index (κ2) is 6.75. The fraction of sp³-hybridized carbons (Fsp3) is 0.263. The third-order valence-electron chi connectivity index (χ3n) is 3.97. The lowest BCUT2D eigenvalue weighted by Gasteiger charge is -2.11. The zero-order valence-electron chi connectivity index (χ0n) is 13.3. The summed E-state index contributed by atoms with van der Waals surface area (Å²) < 4.78 is 1.56. The third kappa shape index (κ3) is 3.32. The molecule has 0 saturated carbocycles. The number of hydrogen-bond donors (Lipinski definition) is 1. The van der Waals surface area contributed by atoms with Crippen molar-refractivity contribution in [1.82, 2.24) is 9.78 Å². The molecule has 0 fully saturated rings. The topological polar surface area (TPSA) is 60.9 Å². The van der Waals surface area contributed by atoms with Gasteiger partial charge in [-0.05, 0) is 31.5 Å². The molecule has 0 amide bonds. The van der Waals surface area contributed by atoms with Gasteiger partial charge in [-0.1, -0.05) is 48.0 Å². The van der Waals surface area contributed by atoms with Crippen molar-refractivity contribution in [2.24, 2.45) is 5.73 Å². The summed E-state index contributed by atoms with van der Waals surface area (Å²) in [6.07, 6.45) is 1.46. The molecule has 118 valence electrons. The molecule has 3 aromatic rings. The zero-order valence-corrected chi connectivity index (χ0v) is 13.3. The van der Waals surface area contributed by atoms with Crippen molar-refractivity contribution in [2.45, 2.75) is 26.3 Å². The number of nitrogens with zero attached hydrogens (tertiary/aromatic N) is 2. The maximum Gasteiger partial charge on any atom is 0.274 e. The standard InChI is InChI=1S/C19H21N3O/c1-14-6-4-7-15(12-14)13-18-16-8-2-3-9-17(16)19(23)22(21-18)11-5-10-20/h2-4,6-9,12H,5,10-11,13,20H2,1H3. The van der Waals surface area contributed by atoms with E-state index in [9.17, 15) is 4.79 Å². The summed E-state index contributed by atoms with van der Waals surface area (Å²) in [5.41, 5.74) is 8.89. The fourth-order valence-corrected chi connectivity index (χ4v) is 2.84. The zero-order chi connectivity index (χ0) is 16.2. The molecule has 0 aliphatic carbocycles. The Labute approximate surface area is 135 Å². The van der Waals surface area contributed by atoms with E-state index in [2.05, 4.69) is 36.3 Å². The minimum absolute atomic E-state index is 0.0398. The van der Waals surface area contributed by atoms with Gasteiger partial charge in [0.1, 0.15) is 0 Å². The van der Waals surface area contributed by atoms with Crippen LogP contribution in [0.25, 0.3) is 10.8 Å². The number of aryl methyl sites for hydroxylation is 2. The molecule has 4 heteroatoms. The maximum absolute atomic E-state index is 12.6. The maximum atomic E-state index is 12.6. The predicted molar refractivity (Wildman–Crippen MR) is 93.7 cm³/mol. The Morgan fingerprint density at radius 3 is 2.61 bits per heavy atom. The molecular weight excluding hydrogens is 286 g/mol. The molecule has 4 nitrogen and oxygen atoms in total. The van der Waals surface area contributed by atoms with Gasteiger partial charge in [0.25, 0.3) is 5.56 Å². The van der Waals surface area contributed by atoms with Gasteiger partial charge in [-0.25, -0.2) is 4.68 Å². The van der Waals surface area contributed by atoms with Crippen molar-refractivity contribution in [3.05, 3.63) is 75.7 Å². The number of fused-ring (bicyclic) bond motifs is 1. The number of aromatic nitrogens is 2. The Kier molecular flexibility index (Phi) is 4.53. The van der Waals surface area contributed by atoms with E-state index in [1.54, 1.807) is 4.68 Å². The largest absolute Gasteiger partial charge is 0.330 e. The average Bonchev–Trinajstić information content (AvgIpc) is 2.56. The minimum atomic E-state index is -0.0398. The Morgan fingerprint density at radius 1 is 1.09 bits per heavy atom. The van der Waals surface area contributed by atoms with Crippen molar-refractivity contribution >= 4 is 10.8 Å². The molecule has 2 aromatic carbocycles. The van der Waals surface area contributed by atoms with Crippen molar-refractivity contribution in [2.75, 3.05) is 6.54 Å². The van der Waals surface area contributed by atoms with Gasteiger partial charge in [-0.3, -0.25) is 4.79 Å². The van der Waals surface area contributed by atoms with Crippen LogP contribution < -0.4 is 11.3 Å². The molecule has 0 saturated heterocycles. The molecule has 1 aromatic heterocycles. The van der Waals surface area contributed by atoms with E-state index in [1.165, 1.54) is 11.1 Å². The van der Waals surface area contributed by atoms with Crippen LogP contribution in [-0.2, 0) is 13.0 Å². The number of benzene rings is 2. The second-order valence-corrected chi connectivity index (χ2v) is 5.83. The molecule has 0 aliphatic rings. The molecule has 0 bridgehead atoms. The van der Waals surface area contributed by atoms with Crippen LogP contribution in [0.15, 0.2) is 53.3 Å². The molecule has 0 radical (unpaired) electrons. The average molecular weight is 307 g/mol. The van der Waals surface area contributed by atoms with Crippen molar-refractivity contribution in [1.29, 1.82) is 0 Å². The first kappa shape index (κ1) is 15.4. The molecule has 0 aliphatic heterocycles. The molecule has 3 rings (SSSR count). The van der Waals surface area contributed by atoms with E-state index in [-0.39, 0.29) is 5.56 Å². The van der Waals surface area contributed by atoms with Gasteiger partial charge in [0, 0.05) is 18.4 Å². The summed E-state index contributed by atoms with van der Waals surface area (Å²) in [4.78, 5) is 12.6. The predicted octanol–water partition coefficient (Wildman–Crippen LogP) is 2.64. The quantitative estimate of drug-likeness (QED) is 0.788. The van der Waals surface area contributed by atoms with Gasteiger partial charge in [0.15, 0.2) is 0 Å². The number of nitrogens with two attached hydrogens (primary N) is 1. The lowest BCUT2D eigenvalue weighted by molar-refractivity contribution is 0.551. The summed E-state index contributed by atoms with van der Waals surface area (Å²) in [7, 11) is 0. The molecule has 23 heavy (non-hydrogen) atoms. The Balaban J connectivity index is 2.11. The monoisotopic (exact) mass is 307 g/mol. The molecule has 2 N–H and O–H groups in total. The fourth-order valence-electron chi connectivity index (χ4n) is 2.84. The number of hydrogen-bond acceptors (Lipinski definition) is 3. The van der Waals surface area contributed by atoms with Crippen molar-refractivity contribution in [3.63, 3.8) is 0 Å². The molecule has 1 heterocycles. The summed E-state index contributed by atoms with van der Waals surface area (Å²) >= 11 is 0. The Hall–Kier alpha value is -2.46. The van der Waals surface area contributed by atoms with Gasteiger partial charge in [-0.2, -0.15) is 5.10 Å². The van der Waals surface area contributed by atoms with E-state index >= 15 is 0 Å². The normalized spacial score (nSPS) is 11.0. The molecule has 0 atom stereocenters. The smallest absolute Gasteiger partial charge is 0.274 e. The third-order valence-corrected chi connectivity index (χ3v) is 3.97. The summed E-state index contributed by atoms with van der Waals surface area (Å²) in [6.45, 7) is 3.19. The van der Waals surface area contributed by atoms with E-state index < -0.39 is 0 Å². The van der Waals surface area contributed by atoms with Crippen LogP contribution in [0, 0.1) is 6.92 Å². The van der Waals surface area contributed by atoms with E-state index in [4.69, 9.17) is 5.73 Å². The van der Waals surface area contributed by atoms with Crippen LogP contribution in [0.3, 0.4) is 0 Å². The van der Waals surface area contributed by atoms with Crippen LogP contribution in [0.4, 0.5) is 0 Å².